The topological polar surface area (TPSA) is 0 Å². The lowest BCUT2D eigenvalue weighted by Gasteiger charge is -2.32. The van der Waals surface area contributed by atoms with Gasteiger partial charge < -0.3 is 0 Å². The largest absolute Gasteiger partial charge is 0.0622 e. The number of benzene rings is 4. The van der Waals surface area contributed by atoms with Crippen LogP contribution in [-0.2, 0) is 0 Å². The molecule has 0 heterocycles. The van der Waals surface area contributed by atoms with Crippen LogP contribution in [0.15, 0.2) is 121 Å². The molecule has 0 fully saturated rings. The van der Waals surface area contributed by atoms with Crippen molar-refractivity contribution in [2.45, 2.75) is 31.6 Å². The molecule has 0 aliphatic heterocycles. The van der Waals surface area contributed by atoms with Crippen molar-refractivity contribution < 1.29 is 0 Å². The standard InChI is InChI=1S/C29H30P2/c1-24(30(26-15-7-3-8-16-26)27-17-9-4-10-18-27)23-25(2)31(28-19-11-5-12-20-28)29-21-13-6-14-22-29/h3-22,24-25H,23H2,1-2H3. The summed E-state index contributed by atoms with van der Waals surface area (Å²) in [6.45, 7) is 4.93. The molecule has 2 heteroatoms. The highest BCUT2D eigenvalue weighted by Gasteiger charge is 2.27. The van der Waals surface area contributed by atoms with Gasteiger partial charge in [-0.2, -0.15) is 0 Å². The molecule has 4 aromatic rings. The predicted molar refractivity (Wildman–Crippen MR) is 142 cm³/mol. The number of rotatable bonds is 8. The maximum Gasteiger partial charge on any atom is -0.0151 e. The molecule has 0 spiro atoms. The van der Waals surface area contributed by atoms with E-state index in [1.165, 1.54) is 27.6 Å². The Morgan fingerprint density at radius 3 is 0.871 bits per heavy atom. The van der Waals surface area contributed by atoms with Gasteiger partial charge in [-0.15, -0.1) is 0 Å². The van der Waals surface area contributed by atoms with E-state index >= 15 is 0 Å². The lowest BCUT2D eigenvalue weighted by atomic mass is 10.3. The van der Waals surface area contributed by atoms with E-state index < -0.39 is 15.8 Å². The van der Waals surface area contributed by atoms with E-state index in [-0.39, 0.29) is 0 Å². The molecular formula is C29H30P2. The van der Waals surface area contributed by atoms with Crippen LogP contribution in [-0.4, -0.2) is 11.3 Å². The lowest BCUT2D eigenvalue weighted by molar-refractivity contribution is 0.793. The normalized spacial score (nSPS) is 13.3. The highest BCUT2D eigenvalue weighted by atomic mass is 31.1. The quantitative estimate of drug-likeness (QED) is 0.277. The third-order valence-electron chi connectivity index (χ3n) is 5.70. The first-order valence-electron chi connectivity index (χ1n) is 11.0. The summed E-state index contributed by atoms with van der Waals surface area (Å²) < 4.78 is 0. The smallest absolute Gasteiger partial charge is 0.0151 e. The van der Waals surface area contributed by atoms with Crippen LogP contribution < -0.4 is 21.2 Å². The molecule has 2 unspecified atom stereocenters. The van der Waals surface area contributed by atoms with Crippen LogP contribution in [0.5, 0.6) is 0 Å². The van der Waals surface area contributed by atoms with Crippen LogP contribution in [0.4, 0.5) is 0 Å². The second-order valence-electron chi connectivity index (χ2n) is 8.02. The highest BCUT2D eigenvalue weighted by molar-refractivity contribution is 7.74. The van der Waals surface area contributed by atoms with Gasteiger partial charge in [0.1, 0.15) is 0 Å². The zero-order valence-electron chi connectivity index (χ0n) is 18.3. The van der Waals surface area contributed by atoms with Gasteiger partial charge in [-0.1, -0.05) is 135 Å². The van der Waals surface area contributed by atoms with E-state index in [0.717, 1.165) is 0 Å². The Kier molecular flexibility index (Phi) is 7.69. The third kappa shape index (κ3) is 5.51. The Morgan fingerprint density at radius 2 is 0.645 bits per heavy atom. The molecule has 0 amide bonds. The molecule has 4 aromatic carbocycles. The van der Waals surface area contributed by atoms with Gasteiger partial charge in [0.05, 0.1) is 0 Å². The fourth-order valence-corrected chi connectivity index (χ4v) is 10.2. The molecular weight excluding hydrogens is 410 g/mol. The maximum atomic E-state index is 2.46. The van der Waals surface area contributed by atoms with Gasteiger partial charge in [-0.05, 0) is 54.8 Å². The van der Waals surface area contributed by atoms with E-state index in [0.29, 0.717) is 11.3 Å². The van der Waals surface area contributed by atoms with Crippen LogP contribution in [0.3, 0.4) is 0 Å². The van der Waals surface area contributed by atoms with E-state index in [4.69, 9.17) is 0 Å². The molecule has 0 bridgehead atoms. The Bertz CT molecular complexity index is 867. The first-order valence-corrected chi connectivity index (χ1v) is 13.8. The SMILES string of the molecule is CC(CC(C)P(c1ccccc1)c1ccccc1)P(c1ccccc1)c1ccccc1. The fourth-order valence-electron chi connectivity index (χ4n) is 4.37. The molecule has 0 saturated carbocycles. The summed E-state index contributed by atoms with van der Waals surface area (Å²) in [7, 11) is -0.794. The van der Waals surface area contributed by atoms with Crippen molar-refractivity contribution in [2.75, 3.05) is 0 Å². The zero-order chi connectivity index (χ0) is 21.5. The van der Waals surface area contributed by atoms with E-state index in [1.54, 1.807) is 0 Å². The monoisotopic (exact) mass is 440 g/mol. The summed E-state index contributed by atoms with van der Waals surface area (Å²) in [6, 6.07) is 44.5. The van der Waals surface area contributed by atoms with Gasteiger partial charge in [-0.3, -0.25) is 0 Å². The van der Waals surface area contributed by atoms with Crippen molar-refractivity contribution in [2.24, 2.45) is 0 Å². The summed E-state index contributed by atoms with van der Waals surface area (Å²) in [6.07, 6.45) is 1.21. The Balaban J connectivity index is 1.65. The van der Waals surface area contributed by atoms with Crippen molar-refractivity contribution in [1.29, 1.82) is 0 Å². The van der Waals surface area contributed by atoms with Crippen LogP contribution in [0.1, 0.15) is 20.3 Å². The molecule has 0 nitrogen and oxygen atoms in total. The van der Waals surface area contributed by atoms with Gasteiger partial charge in [0.2, 0.25) is 0 Å². The molecule has 0 radical (unpaired) electrons. The third-order valence-corrected chi connectivity index (χ3v) is 11.3. The molecule has 0 aliphatic carbocycles. The molecule has 0 N–H and O–H groups in total. The van der Waals surface area contributed by atoms with E-state index in [1.807, 2.05) is 0 Å². The fraction of sp³-hybridized carbons (Fsp3) is 0.172. The highest BCUT2D eigenvalue weighted by Crippen LogP contribution is 2.47. The summed E-state index contributed by atoms with van der Waals surface area (Å²) in [5.41, 5.74) is 1.21. The number of hydrogen-bond acceptors (Lipinski definition) is 0. The minimum absolute atomic E-state index is 0.397. The van der Waals surface area contributed by atoms with Gasteiger partial charge in [-0.25, -0.2) is 0 Å². The van der Waals surface area contributed by atoms with Crippen LogP contribution in [0.2, 0.25) is 0 Å². The second kappa shape index (κ2) is 10.9. The van der Waals surface area contributed by atoms with Crippen molar-refractivity contribution in [1.82, 2.24) is 0 Å². The van der Waals surface area contributed by atoms with Gasteiger partial charge in [0.25, 0.3) is 0 Å². The van der Waals surface area contributed by atoms with Crippen molar-refractivity contribution in [3.63, 3.8) is 0 Å². The molecule has 4 rings (SSSR count). The minimum Gasteiger partial charge on any atom is -0.0622 e. The van der Waals surface area contributed by atoms with Gasteiger partial charge >= 0.3 is 0 Å². The molecule has 0 saturated heterocycles. The Morgan fingerprint density at radius 1 is 0.419 bits per heavy atom. The van der Waals surface area contributed by atoms with Gasteiger partial charge in [0.15, 0.2) is 0 Å². The second-order valence-corrected chi connectivity index (χ2v) is 13.3. The van der Waals surface area contributed by atoms with Crippen molar-refractivity contribution in [3.8, 4) is 0 Å². The first-order chi connectivity index (χ1) is 15.2. The van der Waals surface area contributed by atoms with Crippen LogP contribution >= 0.6 is 15.8 Å². The minimum atomic E-state index is -0.397. The summed E-state index contributed by atoms with van der Waals surface area (Å²) in [5, 5.41) is 5.92. The van der Waals surface area contributed by atoms with Crippen molar-refractivity contribution >= 4 is 37.1 Å². The Hall–Kier alpha value is -2.26. The average molecular weight is 441 g/mol. The average Bonchev–Trinajstić information content (AvgIpc) is 2.82. The zero-order valence-corrected chi connectivity index (χ0v) is 20.1. The first kappa shape index (κ1) is 22.0. The molecule has 2 atom stereocenters. The lowest BCUT2D eigenvalue weighted by Crippen LogP contribution is -2.26. The van der Waals surface area contributed by atoms with E-state index in [9.17, 15) is 0 Å². The molecule has 0 aromatic heterocycles. The predicted octanol–water partition coefficient (Wildman–Crippen LogP) is 6.42. The van der Waals surface area contributed by atoms with Gasteiger partial charge in [0, 0.05) is 0 Å². The van der Waals surface area contributed by atoms with E-state index in [2.05, 4.69) is 135 Å². The summed E-state index contributed by atoms with van der Waals surface area (Å²) in [4.78, 5) is 0. The number of hydrogen-bond donors (Lipinski definition) is 0. The van der Waals surface area contributed by atoms with Crippen LogP contribution in [0.25, 0.3) is 0 Å². The molecule has 156 valence electrons. The van der Waals surface area contributed by atoms with Crippen molar-refractivity contribution in [3.05, 3.63) is 121 Å². The Labute approximate surface area is 189 Å². The van der Waals surface area contributed by atoms with Crippen LogP contribution in [0, 0.1) is 0 Å². The maximum absolute atomic E-state index is 2.46. The summed E-state index contributed by atoms with van der Waals surface area (Å²) in [5.74, 6) is 0. The summed E-state index contributed by atoms with van der Waals surface area (Å²) >= 11 is 0. The molecule has 31 heavy (non-hydrogen) atoms. The molecule has 0 aliphatic rings.